The van der Waals surface area contributed by atoms with Gasteiger partial charge in [-0.3, -0.25) is 9.59 Å². The number of piperidine rings is 1. The number of rotatable bonds is 4. The SMILES string of the molecule is O=C(NCC(=O)N1CCCC[C@H]1C(=O)O)c1cc2ccccc2[nH]1. The Bertz CT molecular complexity index is 750. The minimum atomic E-state index is -0.995. The van der Waals surface area contributed by atoms with E-state index < -0.39 is 12.0 Å². The number of para-hydroxylation sites is 1. The van der Waals surface area contributed by atoms with Gasteiger partial charge in [-0.25, -0.2) is 4.79 Å². The first-order valence-corrected chi connectivity index (χ1v) is 7.94. The van der Waals surface area contributed by atoms with Crippen molar-refractivity contribution in [2.45, 2.75) is 25.3 Å². The van der Waals surface area contributed by atoms with Crippen molar-refractivity contribution in [3.63, 3.8) is 0 Å². The molecular formula is C17H19N3O4. The Hall–Kier alpha value is -2.83. The van der Waals surface area contributed by atoms with Crippen molar-refractivity contribution in [1.82, 2.24) is 15.2 Å². The number of carbonyl (C=O) groups is 3. The summed E-state index contributed by atoms with van der Waals surface area (Å²) in [6.45, 7) is 0.204. The molecule has 1 aromatic heterocycles. The van der Waals surface area contributed by atoms with Gasteiger partial charge in [-0.05, 0) is 31.4 Å². The van der Waals surface area contributed by atoms with Crippen LogP contribution in [0.15, 0.2) is 30.3 Å². The Labute approximate surface area is 138 Å². The van der Waals surface area contributed by atoms with Crippen LogP contribution in [0.4, 0.5) is 0 Å². The van der Waals surface area contributed by atoms with Gasteiger partial charge in [-0.2, -0.15) is 0 Å². The molecule has 0 radical (unpaired) electrons. The summed E-state index contributed by atoms with van der Waals surface area (Å²) >= 11 is 0. The Morgan fingerprint density at radius 2 is 2.04 bits per heavy atom. The van der Waals surface area contributed by atoms with E-state index in [2.05, 4.69) is 10.3 Å². The van der Waals surface area contributed by atoms with E-state index in [1.807, 2.05) is 24.3 Å². The molecule has 1 atom stereocenters. The van der Waals surface area contributed by atoms with E-state index in [0.29, 0.717) is 18.7 Å². The van der Waals surface area contributed by atoms with E-state index in [-0.39, 0.29) is 18.4 Å². The molecule has 7 nitrogen and oxygen atoms in total. The molecule has 2 amide bonds. The van der Waals surface area contributed by atoms with Gasteiger partial charge in [0.05, 0.1) is 6.54 Å². The second-order valence-electron chi connectivity index (χ2n) is 5.89. The monoisotopic (exact) mass is 329 g/mol. The lowest BCUT2D eigenvalue weighted by Gasteiger charge is -2.32. The van der Waals surface area contributed by atoms with E-state index >= 15 is 0 Å². The number of nitrogens with zero attached hydrogens (tertiary/aromatic N) is 1. The molecule has 1 saturated heterocycles. The fraction of sp³-hybridized carbons (Fsp3) is 0.353. The first-order valence-electron chi connectivity index (χ1n) is 7.94. The van der Waals surface area contributed by atoms with E-state index in [9.17, 15) is 19.5 Å². The van der Waals surface area contributed by atoms with Gasteiger partial charge in [0.1, 0.15) is 11.7 Å². The number of aromatic amines is 1. The van der Waals surface area contributed by atoms with E-state index in [1.54, 1.807) is 6.07 Å². The molecule has 0 unspecified atom stereocenters. The van der Waals surface area contributed by atoms with Crippen LogP contribution in [0.3, 0.4) is 0 Å². The average molecular weight is 329 g/mol. The number of carboxylic acid groups (broad SMARTS) is 1. The molecule has 1 aliphatic heterocycles. The Morgan fingerprint density at radius 3 is 2.79 bits per heavy atom. The molecule has 0 saturated carbocycles. The topological polar surface area (TPSA) is 102 Å². The normalized spacial score (nSPS) is 17.7. The number of carboxylic acids is 1. The molecule has 1 aliphatic rings. The molecule has 0 bridgehead atoms. The van der Waals surface area contributed by atoms with Crippen LogP contribution in [-0.2, 0) is 9.59 Å². The lowest BCUT2D eigenvalue weighted by atomic mass is 10.0. The van der Waals surface area contributed by atoms with Gasteiger partial charge in [0.2, 0.25) is 5.91 Å². The van der Waals surface area contributed by atoms with Crippen LogP contribution in [0.1, 0.15) is 29.8 Å². The number of likely N-dealkylation sites (tertiary alicyclic amines) is 1. The summed E-state index contributed by atoms with van der Waals surface area (Å²) in [5, 5.41) is 12.7. The van der Waals surface area contributed by atoms with E-state index in [1.165, 1.54) is 4.90 Å². The van der Waals surface area contributed by atoms with Gasteiger partial charge < -0.3 is 20.3 Å². The van der Waals surface area contributed by atoms with Gasteiger partial charge in [-0.15, -0.1) is 0 Å². The van der Waals surface area contributed by atoms with Crippen molar-refractivity contribution < 1.29 is 19.5 Å². The van der Waals surface area contributed by atoms with Crippen LogP contribution in [0, 0.1) is 0 Å². The zero-order valence-corrected chi connectivity index (χ0v) is 13.1. The van der Waals surface area contributed by atoms with Crippen molar-refractivity contribution >= 4 is 28.7 Å². The maximum atomic E-state index is 12.3. The quantitative estimate of drug-likeness (QED) is 0.788. The van der Waals surface area contributed by atoms with Gasteiger partial charge in [0, 0.05) is 17.4 Å². The summed E-state index contributed by atoms with van der Waals surface area (Å²) in [5.74, 6) is -1.75. The number of hydrogen-bond acceptors (Lipinski definition) is 3. The number of amides is 2. The molecule has 2 heterocycles. The lowest BCUT2D eigenvalue weighted by Crippen LogP contribution is -2.51. The number of hydrogen-bond donors (Lipinski definition) is 3. The fourth-order valence-electron chi connectivity index (χ4n) is 3.04. The second kappa shape index (κ2) is 6.74. The molecular weight excluding hydrogens is 310 g/mol. The maximum absolute atomic E-state index is 12.3. The molecule has 7 heteroatoms. The largest absolute Gasteiger partial charge is 0.480 e. The molecule has 126 valence electrons. The van der Waals surface area contributed by atoms with Crippen molar-refractivity contribution in [2.24, 2.45) is 0 Å². The third kappa shape index (κ3) is 3.24. The fourth-order valence-corrected chi connectivity index (χ4v) is 3.04. The van der Waals surface area contributed by atoms with Crippen molar-refractivity contribution in [3.8, 4) is 0 Å². The highest BCUT2D eigenvalue weighted by atomic mass is 16.4. The van der Waals surface area contributed by atoms with Crippen molar-refractivity contribution in [3.05, 3.63) is 36.0 Å². The van der Waals surface area contributed by atoms with Gasteiger partial charge >= 0.3 is 5.97 Å². The molecule has 0 aliphatic carbocycles. The summed E-state index contributed by atoms with van der Waals surface area (Å²) < 4.78 is 0. The predicted octanol–water partition coefficient (Wildman–Crippen LogP) is 1.36. The summed E-state index contributed by atoms with van der Waals surface area (Å²) in [6, 6.07) is 8.42. The Kier molecular flexibility index (Phi) is 4.50. The standard InChI is InChI=1S/C17H19N3O4/c21-15(20-8-4-3-7-14(20)17(23)24)10-18-16(22)13-9-11-5-1-2-6-12(11)19-13/h1-2,5-6,9,14,19H,3-4,7-8,10H2,(H,18,22)(H,23,24)/t14-/m0/s1. The van der Waals surface area contributed by atoms with Crippen LogP contribution >= 0.6 is 0 Å². The van der Waals surface area contributed by atoms with E-state index in [0.717, 1.165) is 23.7 Å². The van der Waals surface area contributed by atoms with Crippen LogP contribution in [0.2, 0.25) is 0 Å². The Balaban J connectivity index is 1.62. The number of carbonyl (C=O) groups excluding carboxylic acids is 2. The van der Waals surface area contributed by atoms with Crippen molar-refractivity contribution in [1.29, 1.82) is 0 Å². The maximum Gasteiger partial charge on any atom is 0.326 e. The summed E-state index contributed by atoms with van der Waals surface area (Å²) in [5.41, 5.74) is 1.22. The Morgan fingerprint density at radius 1 is 1.25 bits per heavy atom. The average Bonchev–Trinajstić information content (AvgIpc) is 3.03. The highest BCUT2D eigenvalue weighted by Crippen LogP contribution is 2.17. The van der Waals surface area contributed by atoms with Crippen LogP contribution in [-0.4, -0.2) is 51.9 Å². The summed E-state index contributed by atoms with van der Waals surface area (Å²) in [7, 11) is 0. The minimum Gasteiger partial charge on any atom is -0.480 e. The number of H-pyrrole nitrogens is 1. The predicted molar refractivity (Wildman–Crippen MR) is 87.6 cm³/mol. The lowest BCUT2D eigenvalue weighted by molar-refractivity contribution is -0.151. The molecule has 1 aromatic carbocycles. The number of aromatic nitrogens is 1. The number of fused-ring (bicyclic) bond motifs is 1. The number of aliphatic carboxylic acids is 1. The zero-order valence-electron chi connectivity index (χ0n) is 13.1. The number of benzene rings is 1. The highest BCUT2D eigenvalue weighted by molar-refractivity contribution is 5.99. The van der Waals surface area contributed by atoms with Crippen LogP contribution < -0.4 is 5.32 Å². The van der Waals surface area contributed by atoms with Gasteiger partial charge in [-0.1, -0.05) is 18.2 Å². The zero-order chi connectivity index (χ0) is 17.1. The van der Waals surface area contributed by atoms with Gasteiger partial charge in [0.15, 0.2) is 0 Å². The second-order valence-corrected chi connectivity index (χ2v) is 5.89. The van der Waals surface area contributed by atoms with Crippen LogP contribution in [0.5, 0.6) is 0 Å². The smallest absolute Gasteiger partial charge is 0.326 e. The third-order valence-electron chi connectivity index (χ3n) is 4.28. The van der Waals surface area contributed by atoms with Crippen LogP contribution in [0.25, 0.3) is 10.9 Å². The molecule has 24 heavy (non-hydrogen) atoms. The summed E-state index contributed by atoms with van der Waals surface area (Å²) in [4.78, 5) is 40.0. The molecule has 3 N–H and O–H groups in total. The number of nitrogens with one attached hydrogen (secondary N) is 2. The first kappa shape index (κ1) is 16.0. The third-order valence-corrected chi connectivity index (χ3v) is 4.28. The van der Waals surface area contributed by atoms with E-state index in [4.69, 9.17) is 0 Å². The first-order chi connectivity index (χ1) is 11.6. The molecule has 2 aromatic rings. The van der Waals surface area contributed by atoms with Gasteiger partial charge in [0.25, 0.3) is 5.91 Å². The van der Waals surface area contributed by atoms with Crippen molar-refractivity contribution in [2.75, 3.05) is 13.1 Å². The molecule has 0 spiro atoms. The molecule has 1 fully saturated rings. The summed E-state index contributed by atoms with van der Waals surface area (Å²) in [6.07, 6.45) is 2.03. The highest BCUT2D eigenvalue weighted by Gasteiger charge is 2.31. The minimum absolute atomic E-state index is 0.210. The molecule has 3 rings (SSSR count).